The summed E-state index contributed by atoms with van der Waals surface area (Å²) in [5.41, 5.74) is 0.877. The van der Waals surface area contributed by atoms with Gasteiger partial charge in [-0.1, -0.05) is 23.2 Å². The summed E-state index contributed by atoms with van der Waals surface area (Å²) < 4.78 is 4.68. The molecule has 0 saturated heterocycles. The highest BCUT2D eigenvalue weighted by Crippen LogP contribution is 2.31. The first kappa shape index (κ1) is 15.2. The summed E-state index contributed by atoms with van der Waals surface area (Å²) in [5.74, 6) is -0.0791. The fourth-order valence-electron chi connectivity index (χ4n) is 1.73. The zero-order valence-electron chi connectivity index (χ0n) is 10.5. The lowest BCUT2D eigenvalue weighted by atomic mass is 10.2. The van der Waals surface area contributed by atoms with Gasteiger partial charge in [0.2, 0.25) is 0 Å². The maximum atomic E-state index is 12.2. The average molecular weight is 332 g/mol. The summed E-state index contributed by atoms with van der Waals surface area (Å²) in [4.78, 5) is 24.1. The van der Waals surface area contributed by atoms with E-state index in [0.29, 0.717) is 27.6 Å². The van der Waals surface area contributed by atoms with Crippen LogP contribution in [0.3, 0.4) is 0 Å². The number of nitrogens with one attached hydrogen (secondary N) is 1. The number of hydrogen-bond donors (Lipinski definition) is 1. The minimum Gasteiger partial charge on any atom is -0.465 e. The van der Waals surface area contributed by atoms with Gasteiger partial charge in [-0.3, -0.25) is 4.79 Å². The van der Waals surface area contributed by atoms with E-state index < -0.39 is 5.97 Å². The Morgan fingerprint density at radius 3 is 2.75 bits per heavy atom. The fourth-order valence-corrected chi connectivity index (χ4v) is 3.26. The van der Waals surface area contributed by atoms with Gasteiger partial charge in [0.15, 0.2) is 0 Å². The Balaban J connectivity index is 2.21. The van der Waals surface area contributed by atoms with Gasteiger partial charge >= 0.3 is 5.97 Å². The maximum Gasteiger partial charge on any atom is 0.346 e. The number of carbonyl (C=O) groups is 2. The molecule has 1 aromatic carbocycles. The van der Waals surface area contributed by atoms with Crippen LogP contribution in [0.15, 0.2) is 28.8 Å². The van der Waals surface area contributed by atoms with Crippen LogP contribution in [0.25, 0.3) is 0 Å². The third kappa shape index (κ3) is 3.29. The van der Waals surface area contributed by atoms with Gasteiger partial charge < -0.3 is 10.1 Å². The van der Waals surface area contributed by atoms with Gasteiger partial charge in [-0.25, -0.2) is 4.79 Å². The number of carbonyl (C=O) groups excluding carboxylic acids is 2. The van der Waals surface area contributed by atoms with Crippen molar-refractivity contribution in [2.24, 2.45) is 0 Å². The molecule has 0 radical (unpaired) electrons. The zero-order valence-corrected chi connectivity index (χ0v) is 12.9. The Hall–Kier alpha value is -1.17. The Bertz CT molecular complexity index is 601. The third-order valence-electron chi connectivity index (χ3n) is 2.68. The average Bonchev–Trinajstić information content (AvgIpc) is 2.85. The van der Waals surface area contributed by atoms with Gasteiger partial charge in [-0.2, -0.15) is 0 Å². The SMILES string of the molecule is COC(=O)C1=C(NC(=O)c2ccc(Cl)cc2Cl)CCS1. The first-order valence-electron chi connectivity index (χ1n) is 5.73. The molecule has 106 valence electrons. The topological polar surface area (TPSA) is 55.4 Å². The third-order valence-corrected chi connectivity index (χ3v) is 4.34. The lowest BCUT2D eigenvalue weighted by molar-refractivity contribution is -0.135. The van der Waals surface area contributed by atoms with E-state index >= 15 is 0 Å². The molecule has 0 bridgehead atoms. The molecule has 0 spiro atoms. The van der Waals surface area contributed by atoms with Crippen LogP contribution in [0.5, 0.6) is 0 Å². The van der Waals surface area contributed by atoms with Gasteiger partial charge in [-0.05, 0) is 24.6 Å². The lowest BCUT2D eigenvalue weighted by Gasteiger charge is -2.09. The van der Waals surface area contributed by atoms with Crippen LogP contribution in [0.4, 0.5) is 0 Å². The Morgan fingerprint density at radius 1 is 1.35 bits per heavy atom. The van der Waals surface area contributed by atoms with Crippen molar-refractivity contribution in [2.45, 2.75) is 6.42 Å². The summed E-state index contributed by atoms with van der Waals surface area (Å²) in [5, 5.41) is 3.43. The number of amides is 1. The molecule has 7 heteroatoms. The Kier molecular flexibility index (Phi) is 4.96. The molecule has 0 atom stereocenters. The van der Waals surface area contributed by atoms with Gasteiger partial charge in [0.1, 0.15) is 4.91 Å². The van der Waals surface area contributed by atoms with Crippen LogP contribution in [-0.4, -0.2) is 24.7 Å². The van der Waals surface area contributed by atoms with Crippen molar-refractivity contribution in [1.82, 2.24) is 5.32 Å². The van der Waals surface area contributed by atoms with Crippen LogP contribution in [0.1, 0.15) is 16.8 Å². The fraction of sp³-hybridized carbons (Fsp3) is 0.231. The number of benzene rings is 1. The van der Waals surface area contributed by atoms with Crippen molar-refractivity contribution < 1.29 is 14.3 Å². The van der Waals surface area contributed by atoms with E-state index in [9.17, 15) is 9.59 Å². The van der Waals surface area contributed by atoms with Crippen LogP contribution in [-0.2, 0) is 9.53 Å². The van der Waals surface area contributed by atoms with Gasteiger partial charge in [0.05, 0.1) is 17.7 Å². The largest absolute Gasteiger partial charge is 0.465 e. The van der Waals surface area contributed by atoms with E-state index in [-0.39, 0.29) is 10.9 Å². The number of esters is 1. The number of hydrogen-bond acceptors (Lipinski definition) is 4. The first-order chi connectivity index (χ1) is 9.52. The Labute approximate surface area is 130 Å². The predicted molar refractivity (Wildman–Crippen MR) is 80.0 cm³/mol. The normalized spacial score (nSPS) is 14.3. The molecule has 0 fully saturated rings. The number of methoxy groups -OCH3 is 1. The standard InChI is InChI=1S/C13H11Cl2NO3S/c1-19-13(18)11-10(4-5-20-11)16-12(17)8-3-2-7(14)6-9(8)15/h2-3,6H,4-5H2,1H3,(H,16,17). The second-order valence-corrected chi connectivity index (χ2v) is 5.92. The van der Waals surface area contributed by atoms with Gasteiger partial charge in [-0.15, -0.1) is 11.8 Å². The van der Waals surface area contributed by atoms with Gasteiger partial charge in [0.25, 0.3) is 5.91 Å². The van der Waals surface area contributed by atoms with Crippen LogP contribution >= 0.6 is 35.0 Å². The Morgan fingerprint density at radius 2 is 2.10 bits per heavy atom. The van der Waals surface area contributed by atoms with Crippen LogP contribution in [0, 0.1) is 0 Å². The molecular formula is C13H11Cl2NO3S. The van der Waals surface area contributed by atoms with Crippen LogP contribution in [0.2, 0.25) is 10.0 Å². The second-order valence-electron chi connectivity index (χ2n) is 3.98. The van der Waals surface area contributed by atoms with Crippen molar-refractivity contribution in [3.63, 3.8) is 0 Å². The first-order valence-corrected chi connectivity index (χ1v) is 7.47. The molecule has 0 aliphatic carbocycles. The van der Waals surface area contributed by atoms with Crippen molar-refractivity contribution in [3.05, 3.63) is 44.4 Å². The van der Waals surface area contributed by atoms with E-state index in [1.807, 2.05) is 0 Å². The van der Waals surface area contributed by atoms with Crippen molar-refractivity contribution in [1.29, 1.82) is 0 Å². The molecule has 1 N–H and O–H groups in total. The van der Waals surface area contributed by atoms with Crippen molar-refractivity contribution in [3.8, 4) is 0 Å². The second kappa shape index (κ2) is 6.52. The molecular weight excluding hydrogens is 321 g/mol. The van der Waals surface area contributed by atoms with Crippen molar-refractivity contribution in [2.75, 3.05) is 12.9 Å². The summed E-state index contributed by atoms with van der Waals surface area (Å²) in [6, 6.07) is 4.62. The van der Waals surface area contributed by atoms with E-state index in [2.05, 4.69) is 10.1 Å². The maximum absolute atomic E-state index is 12.2. The highest BCUT2D eigenvalue weighted by molar-refractivity contribution is 8.04. The number of thioether (sulfide) groups is 1. The quantitative estimate of drug-likeness (QED) is 0.864. The van der Waals surface area contributed by atoms with E-state index in [0.717, 1.165) is 5.75 Å². The molecule has 1 aromatic rings. The summed E-state index contributed by atoms with van der Waals surface area (Å²) in [6.45, 7) is 0. The number of rotatable bonds is 3. The molecule has 4 nitrogen and oxygen atoms in total. The summed E-state index contributed by atoms with van der Waals surface area (Å²) in [7, 11) is 1.31. The predicted octanol–water partition coefficient (Wildman–Crippen LogP) is 3.24. The molecule has 1 aliphatic heterocycles. The van der Waals surface area contributed by atoms with E-state index in [4.69, 9.17) is 23.2 Å². The minimum absolute atomic E-state index is 0.265. The summed E-state index contributed by atoms with van der Waals surface area (Å²) in [6.07, 6.45) is 0.603. The lowest BCUT2D eigenvalue weighted by Crippen LogP contribution is -2.24. The van der Waals surface area contributed by atoms with E-state index in [1.165, 1.54) is 24.9 Å². The molecule has 0 unspecified atom stereocenters. The smallest absolute Gasteiger partial charge is 0.346 e. The zero-order chi connectivity index (χ0) is 14.7. The highest BCUT2D eigenvalue weighted by Gasteiger charge is 2.24. The number of allylic oxidation sites excluding steroid dienone is 1. The number of ether oxygens (including phenoxy) is 1. The molecule has 2 rings (SSSR count). The molecule has 1 heterocycles. The minimum atomic E-state index is -0.440. The van der Waals surface area contributed by atoms with Gasteiger partial charge in [0, 0.05) is 16.5 Å². The monoisotopic (exact) mass is 331 g/mol. The number of halogens is 2. The van der Waals surface area contributed by atoms with E-state index in [1.54, 1.807) is 12.1 Å². The summed E-state index contributed by atoms with van der Waals surface area (Å²) >= 11 is 13.1. The molecule has 1 aliphatic rings. The molecule has 20 heavy (non-hydrogen) atoms. The molecule has 1 amide bonds. The van der Waals surface area contributed by atoms with Crippen molar-refractivity contribution >= 4 is 46.8 Å². The molecule has 0 aromatic heterocycles. The van der Waals surface area contributed by atoms with Crippen LogP contribution < -0.4 is 5.32 Å². The highest BCUT2D eigenvalue weighted by atomic mass is 35.5. The molecule has 0 saturated carbocycles.